The first-order chi connectivity index (χ1) is 8.33. The van der Waals surface area contributed by atoms with Crippen LogP contribution < -0.4 is 5.32 Å². The molecular weight excluding hydrogens is 208 g/mol. The van der Waals surface area contributed by atoms with Crippen molar-refractivity contribution in [3.05, 3.63) is 35.5 Å². The molecule has 1 saturated carbocycles. The lowest BCUT2D eigenvalue weighted by atomic mass is 9.93. The van der Waals surface area contributed by atoms with Crippen molar-refractivity contribution in [2.75, 3.05) is 6.54 Å². The van der Waals surface area contributed by atoms with Crippen LogP contribution in [0.4, 0.5) is 0 Å². The van der Waals surface area contributed by atoms with Crippen molar-refractivity contribution in [3.63, 3.8) is 0 Å². The van der Waals surface area contributed by atoms with Gasteiger partial charge >= 0.3 is 0 Å². The van der Waals surface area contributed by atoms with E-state index >= 15 is 0 Å². The third-order valence-electron chi connectivity index (χ3n) is 3.86. The summed E-state index contributed by atoms with van der Waals surface area (Å²) in [5.74, 6) is 0. The maximum atomic E-state index is 3.62. The second-order valence-electron chi connectivity index (χ2n) is 5.19. The molecule has 17 heavy (non-hydrogen) atoms. The molecule has 2 N–H and O–H groups in total. The van der Waals surface area contributed by atoms with Crippen LogP contribution in [0, 0.1) is 6.92 Å². The lowest BCUT2D eigenvalue weighted by Gasteiger charge is -2.26. The molecule has 2 nitrogen and oxygen atoms in total. The standard InChI is InChI=1S/C15H20N2/c1-11-5-6-15-14(9-11)12(10-17-15)7-8-16-13-3-2-4-13/h5-6,9-10,13,16-17H,2-4,7-8H2,1H3. The lowest BCUT2D eigenvalue weighted by molar-refractivity contribution is 0.342. The highest BCUT2D eigenvalue weighted by atomic mass is 14.9. The van der Waals surface area contributed by atoms with Gasteiger partial charge in [-0.05, 0) is 50.4 Å². The van der Waals surface area contributed by atoms with Gasteiger partial charge in [0.25, 0.3) is 0 Å². The topological polar surface area (TPSA) is 27.8 Å². The van der Waals surface area contributed by atoms with Crippen LogP contribution in [0.25, 0.3) is 10.9 Å². The predicted octanol–water partition coefficient (Wildman–Crippen LogP) is 3.16. The van der Waals surface area contributed by atoms with Crippen molar-refractivity contribution < 1.29 is 0 Å². The van der Waals surface area contributed by atoms with E-state index in [0.717, 1.165) is 19.0 Å². The van der Waals surface area contributed by atoms with E-state index < -0.39 is 0 Å². The van der Waals surface area contributed by atoms with Crippen LogP contribution in [-0.2, 0) is 6.42 Å². The molecule has 0 atom stereocenters. The zero-order chi connectivity index (χ0) is 11.7. The maximum Gasteiger partial charge on any atom is 0.0456 e. The first-order valence-electron chi connectivity index (χ1n) is 6.63. The van der Waals surface area contributed by atoms with Crippen LogP contribution in [0.2, 0.25) is 0 Å². The summed E-state index contributed by atoms with van der Waals surface area (Å²) in [4.78, 5) is 3.35. The van der Waals surface area contributed by atoms with E-state index in [4.69, 9.17) is 0 Å². The van der Waals surface area contributed by atoms with E-state index in [0.29, 0.717) is 0 Å². The monoisotopic (exact) mass is 228 g/mol. The van der Waals surface area contributed by atoms with Gasteiger partial charge in [-0.2, -0.15) is 0 Å². The van der Waals surface area contributed by atoms with E-state index in [1.165, 1.54) is 41.3 Å². The zero-order valence-electron chi connectivity index (χ0n) is 10.4. The van der Waals surface area contributed by atoms with E-state index in [9.17, 15) is 0 Å². The first-order valence-corrected chi connectivity index (χ1v) is 6.63. The molecule has 3 rings (SSSR count). The summed E-state index contributed by atoms with van der Waals surface area (Å²) >= 11 is 0. The van der Waals surface area contributed by atoms with E-state index in [-0.39, 0.29) is 0 Å². The van der Waals surface area contributed by atoms with Crippen molar-refractivity contribution in [3.8, 4) is 0 Å². The van der Waals surface area contributed by atoms with Gasteiger partial charge in [0.1, 0.15) is 0 Å². The molecule has 1 aromatic carbocycles. The average Bonchev–Trinajstić information content (AvgIpc) is 2.64. The number of hydrogen-bond acceptors (Lipinski definition) is 1. The fourth-order valence-corrected chi connectivity index (χ4v) is 2.52. The molecule has 90 valence electrons. The van der Waals surface area contributed by atoms with Crippen LogP contribution in [-0.4, -0.2) is 17.6 Å². The molecule has 0 unspecified atom stereocenters. The van der Waals surface area contributed by atoms with Gasteiger partial charge in [-0.3, -0.25) is 0 Å². The lowest BCUT2D eigenvalue weighted by Crippen LogP contribution is -2.36. The van der Waals surface area contributed by atoms with Crippen LogP contribution in [0.1, 0.15) is 30.4 Å². The minimum atomic E-state index is 0.793. The van der Waals surface area contributed by atoms with Crippen molar-refractivity contribution in [2.45, 2.75) is 38.6 Å². The summed E-state index contributed by atoms with van der Waals surface area (Å²) in [5, 5.41) is 5.01. The molecule has 0 spiro atoms. The molecule has 0 radical (unpaired) electrons. The number of aromatic nitrogens is 1. The highest BCUT2D eigenvalue weighted by Crippen LogP contribution is 2.21. The normalized spacial score (nSPS) is 16.3. The third kappa shape index (κ3) is 2.22. The minimum absolute atomic E-state index is 0.793. The molecule has 1 aromatic heterocycles. The van der Waals surface area contributed by atoms with Crippen molar-refractivity contribution >= 4 is 10.9 Å². The molecule has 2 aromatic rings. The van der Waals surface area contributed by atoms with Gasteiger partial charge in [0.05, 0.1) is 0 Å². The fraction of sp³-hybridized carbons (Fsp3) is 0.467. The largest absolute Gasteiger partial charge is 0.361 e. The van der Waals surface area contributed by atoms with Crippen LogP contribution in [0.3, 0.4) is 0 Å². The Kier molecular flexibility index (Phi) is 2.89. The molecule has 1 aliphatic carbocycles. The highest BCUT2D eigenvalue weighted by molar-refractivity contribution is 5.83. The molecule has 0 saturated heterocycles. The fourth-order valence-electron chi connectivity index (χ4n) is 2.52. The third-order valence-corrected chi connectivity index (χ3v) is 3.86. The first kappa shape index (κ1) is 10.8. The maximum absolute atomic E-state index is 3.62. The van der Waals surface area contributed by atoms with Gasteiger partial charge in [-0.1, -0.05) is 18.1 Å². The van der Waals surface area contributed by atoms with Gasteiger partial charge in [0.2, 0.25) is 0 Å². The van der Waals surface area contributed by atoms with Crippen molar-refractivity contribution in [1.29, 1.82) is 0 Å². The molecule has 2 heteroatoms. The Bertz CT molecular complexity index is 509. The summed E-state index contributed by atoms with van der Waals surface area (Å²) in [5.41, 5.74) is 4.04. The molecule has 0 bridgehead atoms. The van der Waals surface area contributed by atoms with E-state index in [2.05, 4.69) is 41.6 Å². The second-order valence-corrected chi connectivity index (χ2v) is 5.19. The van der Waals surface area contributed by atoms with Gasteiger partial charge in [-0.25, -0.2) is 0 Å². The molecular formula is C15H20N2. The number of benzene rings is 1. The molecule has 1 heterocycles. The summed E-state index contributed by atoms with van der Waals surface area (Å²) in [6.45, 7) is 3.26. The van der Waals surface area contributed by atoms with Crippen LogP contribution in [0.5, 0.6) is 0 Å². The Morgan fingerprint density at radius 1 is 1.35 bits per heavy atom. The Hall–Kier alpha value is -1.28. The van der Waals surface area contributed by atoms with Crippen LogP contribution >= 0.6 is 0 Å². The number of H-pyrrole nitrogens is 1. The summed E-state index contributed by atoms with van der Waals surface area (Å²) in [6, 6.07) is 7.41. The Morgan fingerprint density at radius 3 is 3.00 bits per heavy atom. The minimum Gasteiger partial charge on any atom is -0.361 e. The Balaban J connectivity index is 1.69. The molecule has 1 fully saturated rings. The smallest absolute Gasteiger partial charge is 0.0456 e. The Morgan fingerprint density at radius 2 is 2.24 bits per heavy atom. The van der Waals surface area contributed by atoms with Gasteiger partial charge in [-0.15, -0.1) is 0 Å². The zero-order valence-corrected chi connectivity index (χ0v) is 10.4. The second kappa shape index (κ2) is 4.53. The van der Waals surface area contributed by atoms with E-state index in [1.54, 1.807) is 0 Å². The van der Waals surface area contributed by atoms with Gasteiger partial charge in [0, 0.05) is 23.1 Å². The number of aromatic amines is 1. The number of aryl methyl sites for hydroxylation is 1. The average molecular weight is 228 g/mol. The number of hydrogen-bond donors (Lipinski definition) is 2. The number of fused-ring (bicyclic) bond motifs is 1. The van der Waals surface area contributed by atoms with Gasteiger partial charge < -0.3 is 10.3 Å². The van der Waals surface area contributed by atoms with Gasteiger partial charge in [0.15, 0.2) is 0 Å². The Labute approximate surface area is 102 Å². The quantitative estimate of drug-likeness (QED) is 0.826. The summed E-state index contributed by atoms with van der Waals surface area (Å²) in [6.07, 6.45) is 7.43. The predicted molar refractivity (Wildman–Crippen MR) is 72.4 cm³/mol. The molecule has 1 aliphatic rings. The SMILES string of the molecule is Cc1ccc2[nH]cc(CCNC3CCC3)c2c1. The number of rotatable bonds is 4. The number of nitrogens with one attached hydrogen (secondary N) is 2. The summed E-state index contributed by atoms with van der Waals surface area (Å²) in [7, 11) is 0. The molecule has 0 amide bonds. The molecule has 0 aliphatic heterocycles. The van der Waals surface area contributed by atoms with Crippen molar-refractivity contribution in [2.24, 2.45) is 0 Å². The summed E-state index contributed by atoms with van der Waals surface area (Å²) < 4.78 is 0. The van der Waals surface area contributed by atoms with E-state index in [1.807, 2.05) is 0 Å². The van der Waals surface area contributed by atoms with Crippen molar-refractivity contribution in [1.82, 2.24) is 10.3 Å². The van der Waals surface area contributed by atoms with Crippen LogP contribution in [0.15, 0.2) is 24.4 Å². The highest BCUT2D eigenvalue weighted by Gasteiger charge is 2.15.